The Morgan fingerprint density at radius 3 is 2.11 bits per heavy atom. The largest absolute Gasteiger partial charge is 0.348 e. The third-order valence-electron chi connectivity index (χ3n) is 5.58. The van der Waals surface area contributed by atoms with Gasteiger partial charge in [0.05, 0.1) is 4.90 Å². The molecular formula is C19H28ClN3O4S. The molecule has 2 aliphatic heterocycles. The fourth-order valence-corrected chi connectivity index (χ4v) is 5.08. The zero-order valence-corrected chi connectivity index (χ0v) is 17.9. The van der Waals surface area contributed by atoms with Crippen molar-refractivity contribution in [1.29, 1.82) is 0 Å². The molecule has 2 atom stereocenters. The number of amides is 2. The fourth-order valence-electron chi connectivity index (χ4n) is 3.78. The molecule has 0 bridgehead atoms. The minimum atomic E-state index is -3.71. The van der Waals surface area contributed by atoms with E-state index >= 15 is 0 Å². The molecule has 156 valence electrons. The van der Waals surface area contributed by atoms with E-state index in [1.165, 1.54) is 31.1 Å². The lowest BCUT2D eigenvalue weighted by molar-refractivity contribution is -0.125. The van der Waals surface area contributed by atoms with E-state index < -0.39 is 21.5 Å². The van der Waals surface area contributed by atoms with Crippen molar-refractivity contribution in [3.05, 3.63) is 29.8 Å². The number of halogens is 1. The summed E-state index contributed by atoms with van der Waals surface area (Å²) in [6.07, 6.45) is 2.00. The number of hydrogen-bond acceptors (Lipinski definition) is 5. The smallest absolute Gasteiger partial charge is 0.253 e. The average Bonchev–Trinajstić information content (AvgIpc) is 2.99. The van der Waals surface area contributed by atoms with Crippen molar-refractivity contribution in [2.75, 3.05) is 46.0 Å². The van der Waals surface area contributed by atoms with Crippen LogP contribution in [0.5, 0.6) is 0 Å². The van der Waals surface area contributed by atoms with Gasteiger partial charge in [0.25, 0.3) is 5.91 Å². The van der Waals surface area contributed by atoms with Crippen LogP contribution in [-0.4, -0.2) is 76.1 Å². The number of fused-ring (bicyclic) bond motifs is 1. The van der Waals surface area contributed by atoms with Gasteiger partial charge in [0, 0.05) is 32.7 Å². The van der Waals surface area contributed by atoms with Gasteiger partial charge in [0.1, 0.15) is 5.75 Å². The lowest BCUT2D eigenvalue weighted by atomic mass is 9.92. The molecule has 1 aromatic rings. The third kappa shape index (κ3) is 5.04. The number of rotatable bonds is 4. The lowest BCUT2D eigenvalue weighted by Gasteiger charge is -2.21. The first kappa shape index (κ1) is 22.6. The van der Waals surface area contributed by atoms with Crippen LogP contribution in [0.15, 0.2) is 29.2 Å². The van der Waals surface area contributed by atoms with Crippen LogP contribution in [0.4, 0.5) is 0 Å². The lowest BCUT2D eigenvalue weighted by Crippen LogP contribution is -2.32. The second-order valence-corrected chi connectivity index (χ2v) is 9.61. The third-order valence-corrected chi connectivity index (χ3v) is 7.20. The molecule has 2 heterocycles. The van der Waals surface area contributed by atoms with Crippen LogP contribution >= 0.6 is 12.4 Å². The monoisotopic (exact) mass is 429 g/mol. The van der Waals surface area contributed by atoms with Gasteiger partial charge in [0.2, 0.25) is 5.91 Å². The summed E-state index contributed by atoms with van der Waals surface area (Å²) < 4.78 is 24.7. The van der Waals surface area contributed by atoms with Gasteiger partial charge < -0.3 is 15.1 Å². The number of nitrogens with zero attached hydrogens (tertiary/aromatic N) is 2. The molecule has 3 rings (SSSR count). The van der Waals surface area contributed by atoms with Crippen molar-refractivity contribution < 1.29 is 18.0 Å². The molecule has 2 saturated heterocycles. The Morgan fingerprint density at radius 2 is 1.61 bits per heavy atom. The molecule has 0 aliphatic carbocycles. The molecular weight excluding hydrogens is 402 g/mol. The highest BCUT2D eigenvalue weighted by Crippen LogP contribution is 2.27. The van der Waals surface area contributed by atoms with Gasteiger partial charge in [-0.1, -0.05) is 0 Å². The SMILES string of the molecule is CN(C)C(=O)CS(=O)(=O)c1ccc(C(=O)N2CC[C@@H]3CNC[C@@H]3CC2)cc1.Cl. The highest BCUT2D eigenvalue weighted by molar-refractivity contribution is 7.92. The van der Waals surface area contributed by atoms with Crippen LogP contribution in [0.1, 0.15) is 23.2 Å². The van der Waals surface area contributed by atoms with Crippen LogP contribution in [0.3, 0.4) is 0 Å². The molecule has 0 unspecified atom stereocenters. The molecule has 1 N–H and O–H groups in total. The number of hydrogen-bond donors (Lipinski definition) is 1. The normalized spacial score (nSPS) is 22.0. The second-order valence-electron chi connectivity index (χ2n) is 7.62. The Kier molecular flexibility index (Phi) is 7.47. The standard InChI is InChI=1S/C19H27N3O4S.ClH/c1-21(2)18(23)13-27(25,26)17-5-3-14(4-6-17)19(24)22-9-7-15-11-20-12-16(15)8-10-22;/h3-6,15-16,20H,7-13H2,1-2H3;1H/t15-,16+;. The van der Waals surface area contributed by atoms with Crippen molar-refractivity contribution in [3.8, 4) is 0 Å². The van der Waals surface area contributed by atoms with Crippen LogP contribution in [0.25, 0.3) is 0 Å². The summed E-state index contributed by atoms with van der Waals surface area (Å²) in [6.45, 7) is 3.54. The molecule has 28 heavy (non-hydrogen) atoms. The number of nitrogens with one attached hydrogen (secondary N) is 1. The Balaban J connectivity index is 0.00000280. The maximum absolute atomic E-state index is 12.8. The Bertz CT molecular complexity index is 797. The maximum Gasteiger partial charge on any atom is 0.253 e. The van der Waals surface area contributed by atoms with Crippen molar-refractivity contribution >= 4 is 34.1 Å². The summed E-state index contributed by atoms with van der Waals surface area (Å²) in [5.74, 6) is 0.182. The molecule has 7 nitrogen and oxygen atoms in total. The van der Waals surface area contributed by atoms with Crippen LogP contribution in [-0.2, 0) is 14.6 Å². The summed E-state index contributed by atoms with van der Waals surface area (Å²) in [5.41, 5.74) is 0.484. The molecule has 0 radical (unpaired) electrons. The van der Waals surface area contributed by atoms with Gasteiger partial charge in [-0.05, 0) is 62.0 Å². The highest BCUT2D eigenvalue weighted by Gasteiger charge is 2.31. The van der Waals surface area contributed by atoms with Gasteiger partial charge in [-0.2, -0.15) is 0 Å². The van der Waals surface area contributed by atoms with Crippen molar-refractivity contribution in [2.45, 2.75) is 17.7 Å². The van der Waals surface area contributed by atoms with E-state index in [-0.39, 0.29) is 23.2 Å². The fraction of sp³-hybridized carbons (Fsp3) is 0.579. The summed E-state index contributed by atoms with van der Waals surface area (Å²) in [7, 11) is -0.673. The predicted molar refractivity (Wildman–Crippen MR) is 109 cm³/mol. The summed E-state index contributed by atoms with van der Waals surface area (Å²) in [4.78, 5) is 27.7. The summed E-state index contributed by atoms with van der Waals surface area (Å²) in [6, 6.07) is 5.93. The van der Waals surface area contributed by atoms with Gasteiger partial charge >= 0.3 is 0 Å². The summed E-state index contributed by atoms with van der Waals surface area (Å²) in [5, 5.41) is 3.42. The molecule has 0 saturated carbocycles. The van der Waals surface area contributed by atoms with Gasteiger partial charge in [-0.15, -0.1) is 12.4 Å². The molecule has 2 aliphatic rings. The Hall–Kier alpha value is -1.64. The number of carbonyl (C=O) groups is 2. The second kappa shape index (κ2) is 9.24. The minimum Gasteiger partial charge on any atom is -0.348 e. The topological polar surface area (TPSA) is 86.8 Å². The van der Waals surface area contributed by atoms with E-state index in [2.05, 4.69) is 5.32 Å². The average molecular weight is 430 g/mol. The number of benzene rings is 1. The van der Waals surface area contributed by atoms with E-state index in [4.69, 9.17) is 0 Å². The Morgan fingerprint density at radius 1 is 1.07 bits per heavy atom. The van der Waals surface area contributed by atoms with Crippen molar-refractivity contribution in [2.24, 2.45) is 11.8 Å². The molecule has 0 spiro atoms. The molecule has 9 heteroatoms. The zero-order valence-electron chi connectivity index (χ0n) is 16.3. The van der Waals surface area contributed by atoms with Gasteiger partial charge in [0.15, 0.2) is 9.84 Å². The molecule has 2 fully saturated rings. The molecule has 1 aromatic carbocycles. The molecule has 2 amide bonds. The van der Waals surface area contributed by atoms with Gasteiger partial charge in [-0.25, -0.2) is 8.42 Å². The zero-order chi connectivity index (χ0) is 19.6. The van der Waals surface area contributed by atoms with E-state index in [1.54, 1.807) is 12.1 Å². The first-order valence-corrected chi connectivity index (χ1v) is 11.0. The predicted octanol–water partition coefficient (Wildman–Crippen LogP) is 1.04. The highest BCUT2D eigenvalue weighted by atomic mass is 35.5. The van der Waals surface area contributed by atoms with Crippen LogP contribution in [0.2, 0.25) is 0 Å². The molecule has 0 aromatic heterocycles. The Labute approximate surface area is 172 Å². The minimum absolute atomic E-state index is 0. The van der Waals surface area contributed by atoms with E-state index in [1.807, 2.05) is 4.90 Å². The summed E-state index contributed by atoms with van der Waals surface area (Å²) >= 11 is 0. The van der Waals surface area contributed by atoms with E-state index in [0.29, 0.717) is 17.4 Å². The van der Waals surface area contributed by atoms with Crippen molar-refractivity contribution in [3.63, 3.8) is 0 Å². The number of likely N-dealkylation sites (tertiary alicyclic amines) is 1. The van der Waals surface area contributed by atoms with E-state index in [0.717, 1.165) is 39.0 Å². The first-order chi connectivity index (χ1) is 12.8. The number of sulfone groups is 1. The van der Waals surface area contributed by atoms with Crippen molar-refractivity contribution in [1.82, 2.24) is 15.1 Å². The van der Waals surface area contributed by atoms with Gasteiger partial charge in [-0.3, -0.25) is 9.59 Å². The van der Waals surface area contributed by atoms with Crippen LogP contribution < -0.4 is 5.32 Å². The van der Waals surface area contributed by atoms with E-state index in [9.17, 15) is 18.0 Å². The first-order valence-electron chi connectivity index (χ1n) is 9.31. The quantitative estimate of drug-likeness (QED) is 0.772. The maximum atomic E-state index is 12.8. The van der Waals surface area contributed by atoms with Crippen LogP contribution in [0, 0.1) is 11.8 Å². The number of carbonyl (C=O) groups excluding carboxylic acids is 2.